The van der Waals surface area contributed by atoms with E-state index < -0.39 is 15.8 Å². The lowest BCUT2D eigenvalue weighted by atomic mass is 10.4. The number of aryl methyl sites for hydroxylation is 1. The fourth-order valence-corrected chi connectivity index (χ4v) is 2.47. The van der Waals surface area contributed by atoms with Gasteiger partial charge in [-0.3, -0.25) is 0 Å². The van der Waals surface area contributed by atoms with Gasteiger partial charge >= 0.3 is 5.97 Å². The predicted octanol–water partition coefficient (Wildman–Crippen LogP) is 1.07. The van der Waals surface area contributed by atoms with Crippen LogP contribution in [0.4, 0.5) is 5.69 Å². The van der Waals surface area contributed by atoms with Crippen LogP contribution in [0.1, 0.15) is 30.8 Å². The molecule has 0 radical (unpaired) electrons. The molecule has 1 aromatic rings. The van der Waals surface area contributed by atoms with E-state index in [0.29, 0.717) is 24.3 Å². The first-order chi connectivity index (χ1) is 8.89. The lowest BCUT2D eigenvalue weighted by Crippen LogP contribution is -2.15. The minimum atomic E-state index is -3.01. The van der Waals surface area contributed by atoms with Crippen molar-refractivity contribution >= 4 is 21.5 Å². The first-order valence-corrected chi connectivity index (χ1v) is 8.05. The molecule has 6 nitrogen and oxygen atoms in total. The summed E-state index contributed by atoms with van der Waals surface area (Å²) in [5.74, 6) is -0.336. The molecule has 108 valence electrons. The van der Waals surface area contributed by atoms with E-state index >= 15 is 0 Å². The molecule has 1 aromatic heterocycles. The van der Waals surface area contributed by atoms with Crippen LogP contribution in [0.5, 0.6) is 0 Å². The summed E-state index contributed by atoms with van der Waals surface area (Å²) in [5, 5.41) is 0. The molecule has 1 rings (SSSR count). The van der Waals surface area contributed by atoms with Crippen molar-refractivity contribution in [2.45, 2.75) is 26.8 Å². The quantitative estimate of drug-likeness (QED) is 0.598. The van der Waals surface area contributed by atoms with Crippen molar-refractivity contribution in [2.75, 3.05) is 23.8 Å². The van der Waals surface area contributed by atoms with Crippen LogP contribution < -0.4 is 5.73 Å². The van der Waals surface area contributed by atoms with E-state index in [2.05, 4.69) is 0 Å². The van der Waals surface area contributed by atoms with Crippen molar-refractivity contribution in [2.24, 2.45) is 0 Å². The molecule has 0 aliphatic rings. The van der Waals surface area contributed by atoms with Gasteiger partial charge in [0, 0.05) is 18.5 Å². The van der Waals surface area contributed by atoms with Crippen molar-refractivity contribution < 1.29 is 17.9 Å². The van der Waals surface area contributed by atoms with Gasteiger partial charge in [0.15, 0.2) is 0 Å². The SMILES string of the molecule is CCn1cc(N)cc1C(=O)OCCCS(=O)(=O)CC. The Labute approximate surface area is 113 Å². The Morgan fingerprint density at radius 3 is 2.68 bits per heavy atom. The van der Waals surface area contributed by atoms with E-state index in [-0.39, 0.29) is 18.1 Å². The molecule has 0 amide bonds. The molecule has 0 bridgehead atoms. The highest BCUT2D eigenvalue weighted by Crippen LogP contribution is 2.12. The number of sulfone groups is 1. The Morgan fingerprint density at radius 1 is 1.42 bits per heavy atom. The number of nitrogens with two attached hydrogens (primary N) is 1. The first kappa shape index (κ1) is 15.6. The summed E-state index contributed by atoms with van der Waals surface area (Å²) in [7, 11) is -3.01. The van der Waals surface area contributed by atoms with Crippen LogP contribution in [-0.2, 0) is 21.1 Å². The maximum Gasteiger partial charge on any atom is 0.355 e. The zero-order valence-electron chi connectivity index (χ0n) is 11.3. The lowest BCUT2D eigenvalue weighted by molar-refractivity contribution is 0.0493. The summed E-state index contributed by atoms with van der Waals surface area (Å²) in [4.78, 5) is 11.8. The molecular formula is C12H20N2O4S. The van der Waals surface area contributed by atoms with Crippen LogP contribution in [0, 0.1) is 0 Å². The van der Waals surface area contributed by atoms with Gasteiger partial charge in [0.05, 0.1) is 18.0 Å². The van der Waals surface area contributed by atoms with Crippen LogP contribution >= 0.6 is 0 Å². The second kappa shape index (κ2) is 6.60. The molecule has 0 aromatic carbocycles. The van der Waals surface area contributed by atoms with E-state index in [9.17, 15) is 13.2 Å². The minimum Gasteiger partial charge on any atom is -0.461 e. The normalized spacial score (nSPS) is 11.5. The third-order valence-corrected chi connectivity index (χ3v) is 4.53. The van der Waals surface area contributed by atoms with Gasteiger partial charge < -0.3 is 15.0 Å². The average Bonchev–Trinajstić information content (AvgIpc) is 2.76. The summed E-state index contributed by atoms with van der Waals surface area (Å²) in [6, 6.07) is 1.55. The number of carbonyl (C=O) groups excluding carboxylic acids is 1. The molecule has 19 heavy (non-hydrogen) atoms. The molecule has 1 heterocycles. The number of nitrogens with zero attached hydrogens (tertiary/aromatic N) is 1. The number of anilines is 1. The smallest absolute Gasteiger partial charge is 0.355 e. The number of hydrogen-bond acceptors (Lipinski definition) is 5. The van der Waals surface area contributed by atoms with Crippen LogP contribution in [0.2, 0.25) is 0 Å². The fourth-order valence-electron chi connectivity index (χ4n) is 1.63. The van der Waals surface area contributed by atoms with Crippen molar-refractivity contribution in [3.63, 3.8) is 0 Å². The predicted molar refractivity (Wildman–Crippen MR) is 73.7 cm³/mol. The molecular weight excluding hydrogens is 268 g/mol. The van der Waals surface area contributed by atoms with E-state index in [1.807, 2.05) is 6.92 Å². The van der Waals surface area contributed by atoms with Gasteiger partial charge in [0.1, 0.15) is 15.5 Å². The molecule has 0 saturated heterocycles. The van der Waals surface area contributed by atoms with Gasteiger partial charge in [0.25, 0.3) is 0 Å². The van der Waals surface area contributed by atoms with Gasteiger partial charge in [-0.25, -0.2) is 13.2 Å². The number of esters is 1. The van der Waals surface area contributed by atoms with Crippen molar-refractivity contribution in [1.82, 2.24) is 4.57 Å². The number of ether oxygens (including phenoxy) is 1. The molecule has 0 aliphatic heterocycles. The summed E-state index contributed by atoms with van der Waals surface area (Å²) in [5.41, 5.74) is 6.50. The second-order valence-corrected chi connectivity index (χ2v) is 6.64. The molecule has 0 unspecified atom stereocenters. The number of hydrogen-bond donors (Lipinski definition) is 1. The number of rotatable bonds is 7. The molecule has 7 heteroatoms. The second-order valence-electron chi connectivity index (χ2n) is 4.17. The highest BCUT2D eigenvalue weighted by molar-refractivity contribution is 7.91. The standard InChI is InChI=1S/C12H20N2O4S/c1-3-14-9-10(13)8-11(14)12(15)18-6-5-7-19(16,17)4-2/h8-9H,3-7,13H2,1-2H3. The maximum atomic E-state index is 11.8. The van der Waals surface area contributed by atoms with E-state index in [1.165, 1.54) is 0 Å². The summed E-state index contributed by atoms with van der Waals surface area (Å²) in [6.07, 6.45) is 1.97. The third-order valence-electron chi connectivity index (χ3n) is 2.74. The summed E-state index contributed by atoms with van der Waals surface area (Å²) < 4.78 is 29.3. The number of aromatic nitrogens is 1. The first-order valence-electron chi connectivity index (χ1n) is 6.22. The molecule has 0 atom stereocenters. The van der Waals surface area contributed by atoms with Gasteiger partial charge in [-0.05, 0) is 19.4 Å². The highest BCUT2D eigenvalue weighted by atomic mass is 32.2. The fraction of sp³-hybridized carbons (Fsp3) is 0.583. The zero-order chi connectivity index (χ0) is 14.5. The summed E-state index contributed by atoms with van der Waals surface area (Å²) in [6.45, 7) is 4.20. The van der Waals surface area contributed by atoms with Crippen molar-refractivity contribution in [3.8, 4) is 0 Å². The van der Waals surface area contributed by atoms with E-state index in [0.717, 1.165) is 0 Å². The summed E-state index contributed by atoms with van der Waals surface area (Å²) >= 11 is 0. The number of carbonyl (C=O) groups is 1. The van der Waals surface area contributed by atoms with E-state index in [4.69, 9.17) is 10.5 Å². The lowest BCUT2D eigenvalue weighted by Gasteiger charge is -2.07. The molecule has 0 spiro atoms. The third kappa shape index (κ3) is 4.59. The van der Waals surface area contributed by atoms with Crippen LogP contribution in [-0.4, -0.2) is 37.1 Å². The van der Waals surface area contributed by atoms with Crippen LogP contribution in [0.15, 0.2) is 12.3 Å². The Balaban J connectivity index is 2.48. The zero-order valence-corrected chi connectivity index (χ0v) is 12.1. The topological polar surface area (TPSA) is 91.4 Å². The molecule has 0 fully saturated rings. The number of nitrogen functional groups attached to an aromatic ring is 1. The van der Waals surface area contributed by atoms with Crippen LogP contribution in [0.25, 0.3) is 0 Å². The Bertz CT molecular complexity index is 534. The highest BCUT2D eigenvalue weighted by Gasteiger charge is 2.14. The molecule has 0 aliphatic carbocycles. The Morgan fingerprint density at radius 2 is 2.11 bits per heavy atom. The Kier molecular flexibility index (Phi) is 5.41. The van der Waals surface area contributed by atoms with Gasteiger partial charge in [-0.2, -0.15) is 0 Å². The maximum absolute atomic E-state index is 11.8. The molecule has 2 N–H and O–H groups in total. The largest absolute Gasteiger partial charge is 0.461 e. The molecule has 0 saturated carbocycles. The van der Waals surface area contributed by atoms with E-state index in [1.54, 1.807) is 23.8 Å². The average molecular weight is 288 g/mol. The van der Waals surface area contributed by atoms with Gasteiger partial charge in [0.2, 0.25) is 0 Å². The minimum absolute atomic E-state index is 0.0354. The monoisotopic (exact) mass is 288 g/mol. The van der Waals surface area contributed by atoms with Gasteiger partial charge in [-0.15, -0.1) is 0 Å². The van der Waals surface area contributed by atoms with Crippen molar-refractivity contribution in [3.05, 3.63) is 18.0 Å². The van der Waals surface area contributed by atoms with Crippen LogP contribution in [0.3, 0.4) is 0 Å². The van der Waals surface area contributed by atoms with Gasteiger partial charge in [-0.1, -0.05) is 6.92 Å². The van der Waals surface area contributed by atoms with Crippen molar-refractivity contribution in [1.29, 1.82) is 0 Å². The Hall–Kier alpha value is -1.50.